The molecule has 13 heteroatoms. The molecule has 0 saturated heterocycles. The summed E-state index contributed by atoms with van der Waals surface area (Å²) in [6.45, 7) is 5.51. The number of fused-ring (bicyclic) bond motifs is 1. The van der Waals surface area contributed by atoms with Gasteiger partial charge >= 0.3 is 6.36 Å². The molecule has 0 aliphatic rings. The van der Waals surface area contributed by atoms with Gasteiger partial charge in [-0.3, -0.25) is 14.6 Å². The first-order valence-electron chi connectivity index (χ1n) is 12.7. The Morgan fingerprint density at radius 2 is 1.76 bits per heavy atom. The molecule has 0 radical (unpaired) electrons. The van der Waals surface area contributed by atoms with E-state index in [1.54, 1.807) is 38.1 Å². The Bertz CT molecular complexity index is 1580. The van der Waals surface area contributed by atoms with Gasteiger partial charge in [-0.2, -0.15) is 0 Å². The first-order valence-corrected chi connectivity index (χ1v) is 12.7. The third-order valence-electron chi connectivity index (χ3n) is 5.95. The Balaban J connectivity index is 0.00000323. The molecule has 2 heterocycles. The van der Waals surface area contributed by atoms with E-state index in [4.69, 9.17) is 4.74 Å². The molecule has 222 valence electrons. The van der Waals surface area contributed by atoms with Crippen LogP contribution in [0.15, 0.2) is 54.7 Å². The predicted molar refractivity (Wildman–Crippen MR) is 153 cm³/mol. The van der Waals surface area contributed by atoms with Gasteiger partial charge in [0.1, 0.15) is 22.9 Å². The molecule has 0 unspecified atom stereocenters. The van der Waals surface area contributed by atoms with Crippen LogP contribution in [0.25, 0.3) is 11.0 Å². The summed E-state index contributed by atoms with van der Waals surface area (Å²) in [5.41, 5.74) is 2.51. The number of ether oxygens (including phenoxy) is 2. The molecule has 4 rings (SSSR count). The number of hydrogen-bond acceptors (Lipinski definition) is 7. The highest BCUT2D eigenvalue weighted by Gasteiger charge is 2.32. The number of carbonyl (C=O) groups is 2. The lowest BCUT2D eigenvalue weighted by Gasteiger charge is -2.17. The van der Waals surface area contributed by atoms with Gasteiger partial charge in [-0.25, -0.2) is 4.98 Å². The monoisotopic (exact) mass is 576 g/mol. The van der Waals surface area contributed by atoms with Gasteiger partial charge in [-0.05, 0) is 47.9 Å². The summed E-state index contributed by atoms with van der Waals surface area (Å²) < 4.78 is 50.4. The zero-order chi connectivity index (χ0) is 29.7. The summed E-state index contributed by atoms with van der Waals surface area (Å²) in [4.78, 5) is 32.0. The summed E-state index contributed by atoms with van der Waals surface area (Å²) >= 11 is 0. The van der Waals surface area contributed by atoms with E-state index >= 15 is 0 Å². The fourth-order valence-electron chi connectivity index (χ4n) is 4.02. The lowest BCUT2D eigenvalue weighted by atomic mass is 10.0. The number of nitrogens with one attached hydrogen (secondary N) is 3. The summed E-state index contributed by atoms with van der Waals surface area (Å²) in [6.07, 6.45) is -3.33. The van der Waals surface area contributed by atoms with Gasteiger partial charge in [0.2, 0.25) is 11.9 Å². The normalized spacial score (nSPS) is 11.4. The standard InChI is InChI=1S/C28H29F3N6O4.3H2/c1-16(2)21-13-18(5-8-25(21)41-28(29,30)31)35-27-36-22-14-19(6-7-24(22)37(27)4)40-20-9-10-33-23(15-20)26(39)34-12-11-32-17(3)38;;;/h5-10,13-16H,11-12H2,1-4H3,(H,32,38)(H,34,39)(H,35,36);3*1H. The van der Waals surface area contributed by atoms with Gasteiger partial charge in [0.15, 0.2) is 0 Å². The van der Waals surface area contributed by atoms with E-state index in [1.165, 1.54) is 31.3 Å². The Hall–Kier alpha value is -4.81. The maximum atomic E-state index is 12.8. The van der Waals surface area contributed by atoms with Crippen LogP contribution in [0.3, 0.4) is 0 Å². The molecule has 0 aliphatic carbocycles. The van der Waals surface area contributed by atoms with E-state index in [0.29, 0.717) is 40.8 Å². The number of aryl methyl sites for hydroxylation is 1. The zero-order valence-electron chi connectivity index (χ0n) is 22.8. The molecule has 3 N–H and O–H groups in total. The average Bonchev–Trinajstić information content (AvgIpc) is 3.20. The quantitative estimate of drug-likeness (QED) is 0.194. The SMILES string of the molecule is CC(=O)NCCNC(=O)c1cc(Oc2ccc3c(c2)nc(Nc2ccc(OC(F)(F)F)c(C(C)C)c2)n3C)ccn1.[HH].[HH].[HH]. The number of halogens is 3. The lowest BCUT2D eigenvalue weighted by Crippen LogP contribution is -2.33. The number of pyridine rings is 1. The minimum atomic E-state index is -4.78. The molecular formula is C28H35F3N6O4. The molecule has 0 spiro atoms. The Morgan fingerprint density at radius 1 is 1.02 bits per heavy atom. The van der Waals surface area contributed by atoms with E-state index in [9.17, 15) is 22.8 Å². The molecule has 0 fully saturated rings. The smallest absolute Gasteiger partial charge is 0.457 e. The highest BCUT2D eigenvalue weighted by Crippen LogP contribution is 2.34. The van der Waals surface area contributed by atoms with Crippen molar-refractivity contribution in [1.29, 1.82) is 0 Å². The van der Waals surface area contributed by atoms with Crippen LogP contribution in [0.2, 0.25) is 0 Å². The van der Waals surface area contributed by atoms with Crippen molar-refractivity contribution >= 4 is 34.5 Å². The number of alkyl halides is 3. The molecule has 0 bridgehead atoms. The van der Waals surface area contributed by atoms with Gasteiger partial charge in [0.05, 0.1) is 11.0 Å². The molecule has 2 amide bonds. The third-order valence-corrected chi connectivity index (χ3v) is 5.95. The van der Waals surface area contributed by atoms with Crippen LogP contribution in [0.1, 0.15) is 47.0 Å². The summed E-state index contributed by atoms with van der Waals surface area (Å²) in [6, 6.07) is 12.8. The molecule has 2 aromatic heterocycles. The molecule has 0 aliphatic heterocycles. The molecule has 41 heavy (non-hydrogen) atoms. The van der Waals surface area contributed by atoms with Crippen molar-refractivity contribution < 1.29 is 36.5 Å². The first kappa shape index (κ1) is 29.2. The highest BCUT2D eigenvalue weighted by molar-refractivity contribution is 5.92. The number of benzene rings is 2. The van der Waals surface area contributed by atoms with Gasteiger partial charge < -0.3 is 30.0 Å². The van der Waals surface area contributed by atoms with Crippen LogP contribution in [-0.4, -0.2) is 45.8 Å². The number of imidazole rings is 1. The fourth-order valence-corrected chi connectivity index (χ4v) is 4.02. The van der Waals surface area contributed by atoms with Crippen molar-refractivity contribution in [3.8, 4) is 17.2 Å². The third kappa shape index (κ3) is 7.65. The number of amides is 2. The van der Waals surface area contributed by atoms with Crippen molar-refractivity contribution in [3.05, 3.63) is 66.0 Å². The minimum absolute atomic E-state index is 0. The first-order chi connectivity index (χ1) is 19.4. The van der Waals surface area contributed by atoms with Gasteiger partial charge in [0.25, 0.3) is 5.91 Å². The zero-order valence-corrected chi connectivity index (χ0v) is 22.8. The number of hydrogen-bond donors (Lipinski definition) is 3. The van der Waals surface area contributed by atoms with E-state index in [2.05, 4.69) is 30.7 Å². The molecular weight excluding hydrogens is 541 g/mol. The maximum Gasteiger partial charge on any atom is 0.573 e. The Morgan fingerprint density at radius 3 is 2.46 bits per heavy atom. The van der Waals surface area contributed by atoms with E-state index in [0.717, 1.165) is 5.52 Å². The second-order valence-corrected chi connectivity index (χ2v) is 9.44. The van der Waals surface area contributed by atoms with Crippen LogP contribution < -0.4 is 25.4 Å². The number of carbonyl (C=O) groups excluding carboxylic acids is 2. The van der Waals surface area contributed by atoms with Gasteiger partial charge in [0, 0.05) is 55.4 Å². The van der Waals surface area contributed by atoms with Gasteiger partial charge in [-0.15, -0.1) is 13.2 Å². The van der Waals surface area contributed by atoms with Crippen LogP contribution >= 0.6 is 0 Å². The Kier molecular flexibility index (Phi) is 8.65. The maximum absolute atomic E-state index is 12.8. The molecule has 10 nitrogen and oxygen atoms in total. The van der Waals surface area contributed by atoms with E-state index in [-0.39, 0.29) is 34.1 Å². The molecule has 4 aromatic rings. The second kappa shape index (κ2) is 12.1. The number of aromatic nitrogens is 3. The van der Waals surface area contributed by atoms with Crippen molar-refractivity contribution in [1.82, 2.24) is 25.2 Å². The van der Waals surface area contributed by atoms with Crippen LogP contribution in [0, 0.1) is 0 Å². The topological polar surface area (TPSA) is 119 Å². The van der Waals surface area contributed by atoms with Crippen molar-refractivity contribution in [2.24, 2.45) is 7.05 Å². The van der Waals surface area contributed by atoms with Crippen molar-refractivity contribution in [3.63, 3.8) is 0 Å². The van der Waals surface area contributed by atoms with Crippen molar-refractivity contribution in [2.45, 2.75) is 33.1 Å². The second-order valence-electron chi connectivity index (χ2n) is 9.44. The fraction of sp³-hybridized carbons (Fsp3) is 0.286. The number of nitrogens with zero attached hydrogens (tertiary/aromatic N) is 3. The van der Waals surface area contributed by atoms with Crippen LogP contribution in [-0.2, 0) is 11.8 Å². The average molecular weight is 577 g/mol. The largest absolute Gasteiger partial charge is 0.573 e. The lowest BCUT2D eigenvalue weighted by molar-refractivity contribution is -0.274. The molecule has 0 saturated carbocycles. The van der Waals surface area contributed by atoms with Crippen molar-refractivity contribution in [2.75, 3.05) is 18.4 Å². The number of anilines is 2. The summed E-state index contributed by atoms with van der Waals surface area (Å²) in [7, 11) is 1.81. The van der Waals surface area contributed by atoms with Crippen LogP contribution in [0.4, 0.5) is 24.8 Å². The van der Waals surface area contributed by atoms with Crippen LogP contribution in [0.5, 0.6) is 17.2 Å². The number of rotatable bonds is 10. The highest BCUT2D eigenvalue weighted by atomic mass is 19.4. The predicted octanol–water partition coefficient (Wildman–Crippen LogP) is 6.13. The summed E-state index contributed by atoms with van der Waals surface area (Å²) in [5, 5.41) is 8.43. The minimum Gasteiger partial charge on any atom is -0.457 e. The van der Waals surface area contributed by atoms with Gasteiger partial charge in [-0.1, -0.05) is 13.8 Å². The Labute approximate surface area is 238 Å². The molecule has 0 atom stereocenters. The molecule has 2 aromatic carbocycles. The van der Waals surface area contributed by atoms with E-state index < -0.39 is 12.3 Å². The summed E-state index contributed by atoms with van der Waals surface area (Å²) in [5.74, 6) is 0.289. The van der Waals surface area contributed by atoms with E-state index in [1.807, 2.05) is 17.7 Å².